The van der Waals surface area contributed by atoms with Crippen LogP contribution in [-0.2, 0) is 4.79 Å². The number of carboxylic acids is 1. The van der Waals surface area contributed by atoms with Gasteiger partial charge in [0.25, 0.3) is 5.78 Å². The van der Waals surface area contributed by atoms with Gasteiger partial charge in [0.15, 0.2) is 0 Å². The van der Waals surface area contributed by atoms with Crippen LogP contribution >= 0.6 is 0 Å². The van der Waals surface area contributed by atoms with E-state index in [0.717, 1.165) is 18.2 Å². The van der Waals surface area contributed by atoms with E-state index in [9.17, 15) is 14.0 Å². The van der Waals surface area contributed by atoms with Gasteiger partial charge in [0.05, 0.1) is 12.2 Å². The number of benzene rings is 1. The summed E-state index contributed by atoms with van der Waals surface area (Å²) in [6.07, 6.45) is 0. The number of carbonyl (C=O) groups is 2. The third kappa shape index (κ3) is 2.52. The van der Waals surface area contributed by atoms with Crippen LogP contribution < -0.4 is 4.74 Å². The maximum Gasteiger partial charge on any atom is 0.377 e. The first-order valence-corrected chi connectivity index (χ1v) is 4.26. The molecule has 0 atom stereocenters. The van der Waals surface area contributed by atoms with Gasteiger partial charge in [-0.3, -0.25) is 4.79 Å². The molecular formula is C10H9FO4. The summed E-state index contributed by atoms with van der Waals surface area (Å²) >= 11 is 0. The Hall–Kier alpha value is -1.91. The van der Waals surface area contributed by atoms with Crippen LogP contribution in [-0.4, -0.2) is 23.5 Å². The van der Waals surface area contributed by atoms with Gasteiger partial charge in [-0.25, -0.2) is 9.18 Å². The topological polar surface area (TPSA) is 63.6 Å². The fourth-order valence-electron chi connectivity index (χ4n) is 1.07. The number of hydrogen-bond donors (Lipinski definition) is 1. The molecule has 15 heavy (non-hydrogen) atoms. The molecule has 0 aromatic heterocycles. The Labute approximate surface area is 85.3 Å². The number of carbonyl (C=O) groups excluding carboxylic acids is 1. The number of hydrogen-bond acceptors (Lipinski definition) is 3. The Balaban J connectivity index is 3.16. The van der Waals surface area contributed by atoms with Crippen LogP contribution in [0.4, 0.5) is 4.39 Å². The van der Waals surface area contributed by atoms with Crippen molar-refractivity contribution in [3.05, 3.63) is 29.6 Å². The Kier molecular flexibility index (Phi) is 3.38. The molecule has 0 unspecified atom stereocenters. The van der Waals surface area contributed by atoms with Crippen LogP contribution in [0.3, 0.4) is 0 Å². The van der Waals surface area contributed by atoms with E-state index in [1.54, 1.807) is 6.92 Å². The molecule has 1 aromatic carbocycles. The molecule has 1 N–H and O–H groups in total. The third-order valence-electron chi connectivity index (χ3n) is 1.68. The van der Waals surface area contributed by atoms with E-state index in [2.05, 4.69) is 0 Å². The molecule has 4 nitrogen and oxygen atoms in total. The number of ether oxygens (including phenoxy) is 1. The predicted molar refractivity (Wildman–Crippen MR) is 49.5 cm³/mol. The first-order valence-electron chi connectivity index (χ1n) is 4.26. The minimum Gasteiger partial charge on any atom is -0.493 e. The Morgan fingerprint density at radius 2 is 2.13 bits per heavy atom. The smallest absolute Gasteiger partial charge is 0.377 e. The lowest BCUT2D eigenvalue weighted by atomic mass is 10.1. The van der Waals surface area contributed by atoms with Gasteiger partial charge in [0.1, 0.15) is 11.6 Å². The summed E-state index contributed by atoms with van der Waals surface area (Å²) in [6, 6.07) is 3.09. The van der Waals surface area contributed by atoms with Gasteiger partial charge in [0.2, 0.25) is 0 Å². The molecule has 0 bridgehead atoms. The normalized spacial score (nSPS) is 9.73. The zero-order valence-electron chi connectivity index (χ0n) is 7.99. The lowest BCUT2D eigenvalue weighted by Crippen LogP contribution is -2.14. The minimum atomic E-state index is -1.59. The van der Waals surface area contributed by atoms with Crippen LogP contribution in [0.2, 0.25) is 0 Å². The van der Waals surface area contributed by atoms with E-state index in [1.807, 2.05) is 0 Å². The van der Waals surface area contributed by atoms with Crippen LogP contribution in [0.15, 0.2) is 18.2 Å². The van der Waals surface area contributed by atoms with E-state index in [0.29, 0.717) is 0 Å². The van der Waals surface area contributed by atoms with Crippen molar-refractivity contribution in [2.24, 2.45) is 0 Å². The Morgan fingerprint density at radius 1 is 1.47 bits per heavy atom. The summed E-state index contributed by atoms with van der Waals surface area (Å²) in [4.78, 5) is 21.6. The fraction of sp³-hybridized carbons (Fsp3) is 0.200. The molecule has 0 aliphatic heterocycles. The Bertz CT molecular complexity index is 400. The number of halogens is 1. The zero-order valence-corrected chi connectivity index (χ0v) is 7.99. The summed E-state index contributed by atoms with van der Waals surface area (Å²) in [7, 11) is 0. The van der Waals surface area contributed by atoms with Crippen molar-refractivity contribution in [1.29, 1.82) is 0 Å². The quantitative estimate of drug-likeness (QED) is 0.606. The van der Waals surface area contributed by atoms with E-state index in [1.165, 1.54) is 0 Å². The summed E-state index contributed by atoms with van der Waals surface area (Å²) in [5.41, 5.74) is -0.147. The number of ketones is 1. The molecule has 0 aliphatic rings. The summed E-state index contributed by atoms with van der Waals surface area (Å²) in [5.74, 6) is -3.34. The number of rotatable bonds is 4. The van der Waals surface area contributed by atoms with Gasteiger partial charge in [-0.15, -0.1) is 0 Å². The second-order valence-corrected chi connectivity index (χ2v) is 2.71. The molecule has 0 amide bonds. The molecule has 0 aliphatic carbocycles. The van der Waals surface area contributed by atoms with Crippen LogP contribution in [0.25, 0.3) is 0 Å². The van der Waals surface area contributed by atoms with E-state index in [-0.39, 0.29) is 17.9 Å². The molecule has 0 fully saturated rings. The van der Waals surface area contributed by atoms with E-state index >= 15 is 0 Å². The molecule has 1 rings (SSSR count). The first-order chi connectivity index (χ1) is 7.06. The van der Waals surface area contributed by atoms with Crippen molar-refractivity contribution in [2.75, 3.05) is 6.61 Å². The highest BCUT2D eigenvalue weighted by Crippen LogP contribution is 2.20. The molecule has 0 spiro atoms. The van der Waals surface area contributed by atoms with Crippen molar-refractivity contribution in [3.63, 3.8) is 0 Å². The molecule has 0 saturated carbocycles. The van der Waals surface area contributed by atoms with Gasteiger partial charge in [-0.1, -0.05) is 0 Å². The number of aliphatic carboxylic acids is 1. The minimum absolute atomic E-state index is 0.0510. The van der Waals surface area contributed by atoms with Gasteiger partial charge >= 0.3 is 5.97 Å². The van der Waals surface area contributed by atoms with Crippen LogP contribution in [0.5, 0.6) is 5.75 Å². The van der Waals surface area contributed by atoms with Gasteiger partial charge < -0.3 is 9.84 Å². The average Bonchev–Trinajstić information content (AvgIpc) is 2.17. The lowest BCUT2D eigenvalue weighted by Gasteiger charge is -2.07. The maximum absolute atomic E-state index is 12.8. The molecular weight excluding hydrogens is 203 g/mol. The molecule has 1 aromatic rings. The zero-order chi connectivity index (χ0) is 11.4. The number of carboxylic acid groups (broad SMARTS) is 1. The SMILES string of the molecule is CCOc1cc(F)ccc1C(=O)C(=O)O. The van der Waals surface area contributed by atoms with Gasteiger partial charge in [-0.2, -0.15) is 0 Å². The fourth-order valence-corrected chi connectivity index (χ4v) is 1.07. The highest BCUT2D eigenvalue weighted by atomic mass is 19.1. The molecule has 0 radical (unpaired) electrons. The highest BCUT2D eigenvalue weighted by Gasteiger charge is 2.19. The predicted octanol–water partition coefficient (Wildman–Crippen LogP) is 1.49. The van der Waals surface area contributed by atoms with Crippen LogP contribution in [0.1, 0.15) is 17.3 Å². The molecule has 5 heteroatoms. The number of Topliss-reactive ketones (excluding diaryl/α,β-unsaturated/α-hetero) is 1. The van der Waals surface area contributed by atoms with Crippen molar-refractivity contribution >= 4 is 11.8 Å². The lowest BCUT2D eigenvalue weighted by molar-refractivity contribution is -0.131. The highest BCUT2D eigenvalue weighted by molar-refractivity contribution is 6.40. The third-order valence-corrected chi connectivity index (χ3v) is 1.68. The van der Waals surface area contributed by atoms with E-state index in [4.69, 9.17) is 9.84 Å². The molecule has 80 valence electrons. The standard InChI is InChI=1S/C10H9FO4/c1-2-15-8-5-6(11)3-4-7(8)9(12)10(13)14/h3-5H,2H2,1H3,(H,13,14). The summed E-state index contributed by atoms with van der Waals surface area (Å²) < 4.78 is 17.8. The van der Waals surface area contributed by atoms with Crippen molar-refractivity contribution < 1.29 is 23.8 Å². The molecule has 0 heterocycles. The first kappa shape index (κ1) is 11.2. The van der Waals surface area contributed by atoms with Crippen molar-refractivity contribution in [1.82, 2.24) is 0 Å². The maximum atomic E-state index is 12.8. The van der Waals surface area contributed by atoms with Crippen molar-refractivity contribution in [2.45, 2.75) is 6.92 Å². The average molecular weight is 212 g/mol. The second-order valence-electron chi connectivity index (χ2n) is 2.71. The van der Waals surface area contributed by atoms with Gasteiger partial charge in [-0.05, 0) is 19.1 Å². The second kappa shape index (κ2) is 4.54. The summed E-state index contributed by atoms with van der Waals surface area (Å²) in [6.45, 7) is 1.88. The molecule has 0 saturated heterocycles. The monoisotopic (exact) mass is 212 g/mol. The van der Waals surface area contributed by atoms with E-state index < -0.39 is 17.6 Å². The van der Waals surface area contributed by atoms with Crippen LogP contribution in [0, 0.1) is 5.82 Å². The summed E-state index contributed by atoms with van der Waals surface area (Å²) in [5, 5.41) is 8.50. The largest absolute Gasteiger partial charge is 0.493 e. The van der Waals surface area contributed by atoms with Gasteiger partial charge in [0, 0.05) is 6.07 Å². The van der Waals surface area contributed by atoms with Crippen molar-refractivity contribution in [3.8, 4) is 5.75 Å². The Morgan fingerprint density at radius 3 is 2.67 bits per heavy atom.